The average Bonchev–Trinajstić information content (AvgIpc) is 2.52. The summed E-state index contributed by atoms with van der Waals surface area (Å²) in [6.45, 7) is 1.13. The van der Waals surface area contributed by atoms with Gasteiger partial charge >= 0.3 is 5.97 Å². The van der Waals surface area contributed by atoms with E-state index in [0.29, 0.717) is 13.1 Å². The van der Waals surface area contributed by atoms with Crippen molar-refractivity contribution >= 4 is 33.9 Å². The van der Waals surface area contributed by atoms with Crippen LogP contribution < -0.4 is 0 Å². The summed E-state index contributed by atoms with van der Waals surface area (Å²) in [6, 6.07) is 7.73. The van der Waals surface area contributed by atoms with E-state index in [4.69, 9.17) is 4.74 Å². The zero-order chi connectivity index (χ0) is 15.2. The molecular weight excluding hydrogens is 334 g/mol. The Balaban J connectivity index is 1.98. The molecule has 0 radical (unpaired) electrons. The summed E-state index contributed by atoms with van der Waals surface area (Å²) in [5.41, 5.74) is 0.958. The second-order valence-electron chi connectivity index (χ2n) is 5.03. The minimum Gasteiger partial charge on any atom is -0.469 e. The highest BCUT2D eigenvalue weighted by Gasteiger charge is 2.28. The van der Waals surface area contributed by atoms with Crippen molar-refractivity contribution in [2.75, 3.05) is 20.2 Å². The molecule has 1 heterocycles. The Bertz CT molecular complexity index is 556. The average molecular weight is 352 g/mol. The van der Waals surface area contributed by atoms with Crippen molar-refractivity contribution in [1.82, 2.24) is 4.90 Å². The maximum atomic E-state index is 12.2. The van der Waals surface area contributed by atoms with Crippen molar-refractivity contribution in [1.29, 1.82) is 0 Å². The molecule has 1 aromatic rings. The molecule has 1 fully saturated rings. The maximum Gasteiger partial charge on any atom is 0.310 e. The first-order valence-electron chi connectivity index (χ1n) is 6.90. The number of likely N-dealkylation sites (tertiary alicyclic amines) is 1. The van der Waals surface area contributed by atoms with E-state index in [-0.39, 0.29) is 17.8 Å². The van der Waals surface area contributed by atoms with Crippen molar-refractivity contribution in [3.05, 3.63) is 40.4 Å². The normalized spacial score (nSPS) is 18.8. The Labute approximate surface area is 132 Å². The molecule has 0 N–H and O–H groups in total. The van der Waals surface area contributed by atoms with Crippen molar-refractivity contribution < 1.29 is 14.3 Å². The third kappa shape index (κ3) is 4.43. The van der Waals surface area contributed by atoms with Gasteiger partial charge in [0, 0.05) is 23.6 Å². The van der Waals surface area contributed by atoms with Crippen LogP contribution in [0.5, 0.6) is 0 Å². The standard InChI is InChI=1S/C16H18BrNO3/c1-21-16(20)13-5-3-9-18(11-13)15(19)8-7-12-4-2-6-14(17)10-12/h2,4,6-8,10,13H,3,5,9,11H2,1H3/b8-7+. The van der Waals surface area contributed by atoms with E-state index in [1.807, 2.05) is 24.3 Å². The SMILES string of the molecule is COC(=O)C1CCCN(C(=O)/C=C/c2cccc(Br)c2)C1. The van der Waals surface area contributed by atoms with E-state index in [9.17, 15) is 9.59 Å². The van der Waals surface area contributed by atoms with E-state index < -0.39 is 0 Å². The van der Waals surface area contributed by atoms with Gasteiger partial charge in [-0.1, -0.05) is 28.1 Å². The smallest absolute Gasteiger partial charge is 0.310 e. The van der Waals surface area contributed by atoms with Crippen LogP contribution in [0, 0.1) is 5.92 Å². The van der Waals surface area contributed by atoms with Gasteiger partial charge in [0.1, 0.15) is 0 Å². The highest BCUT2D eigenvalue weighted by atomic mass is 79.9. The molecule has 1 saturated heterocycles. The Morgan fingerprint density at radius 3 is 2.95 bits per heavy atom. The first kappa shape index (κ1) is 15.8. The van der Waals surface area contributed by atoms with E-state index in [1.165, 1.54) is 7.11 Å². The molecule has 1 amide bonds. The lowest BCUT2D eigenvalue weighted by Crippen LogP contribution is -2.41. The Hall–Kier alpha value is -1.62. The molecule has 5 heteroatoms. The van der Waals surface area contributed by atoms with Gasteiger partial charge < -0.3 is 9.64 Å². The van der Waals surface area contributed by atoms with Gasteiger partial charge in [-0.15, -0.1) is 0 Å². The number of amides is 1. The second kappa shape index (κ2) is 7.41. The molecule has 1 aliphatic heterocycles. The van der Waals surface area contributed by atoms with Gasteiger partial charge in [-0.05, 0) is 36.6 Å². The fourth-order valence-electron chi connectivity index (χ4n) is 2.42. The van der Waals surface area contributed by atoms with Crippen LogP contribution in [0.2, 0.25) is 0 Å². The molecule has 0 bridgehead atoms. The minimum atomic E-state index is -0.233. The van der Waals surface area contributed by atoms with E-state index in [0.717, 1.165) is 22.9 Å². The highest BCUT2D eigenvalue weighted by Crippen LogP contribution is 2.18. The number of hydrogen-bond donors (Lipinski definition) is 0. The van der Waals surface area contributed by atoms with Crippen molar-refractivity contribution in [3.8, 4) is 0 Å². The third-order valence-corrected chi connectivity index (χ3v) is 4.03. The fourth-order valence-corrected chi connectivity index (χ4v) is 2.84. The molecule has 0 aliphatic carbocycles. The number of nitrogens with zero attached hydrogens (tertiary/aromatic N) is 1. The van der Waals surface area contributed by atoms with Crippen LogP contribution in [0.4, 0.5) is 0 Å². The molecule has 21 heavy (non-hydrogen) atoms. The Morgan fingerprint density at radius 1 is 1.43 bits per heavy atom. The van der Waals surface area contributed by atoms with Crippen LogP contribution >= 0.6 is 15.9 Å². The largest absolute Gasteiger partial charge is 0.469 e. The Kier molecular flexibility index (Phi) is 5.56. The van der Waals surface area contributed by atoms with Crippen LogP contribution in [0.25, 0.3) is 6.08 Å². The van der Waals surface area contributed by atoms with Crippen LogP contribution in [0.1, 0.15) is 18.4 Å². The van der Waals surface area contributed by atoms with Gasteiger partial charge in [-0.25, -0.2) is 0 Å². The summed E-state index contributed by atoms with van der Waals surface area (Å²) >= 11 is 3.40. The first-order valence-corrected chi connectivity index (χ1v) is 7.70. The molecule has 1 aromatic carbocycles. The van der Waals surface area contributed by atoms with Gasteiger partial charge in [-0.3, -0.25) is 9.59 Å². The number of piperidine rings is 1. The predicted octanol–water partition coefficient (Wildman–Crippen LogP) is 2.87. The number of ether oxygens (including phenoxy) is 1. The zero-order valence-corrected chi connectivity index (χ0v) is 13.5. The quantitative estimate of drug-likeness (QED) is 0.621. The summed E-state index contributed by atoms with van der Waals surface area (Å²) in [4.78, 5) is 25.5. The fraction of sp³-hybridized carbons (Fsp3) is 0.375. The number of methoxy groups -OCH3 is 1. The van der Waals surface area contributed by atoms with Gasteiger partial charge in [0.05, 0.1) is 13.0 Å². The summed E-state index contributed by atoms with van der Waals surface area (Å²) in [5, 5.41) is 0. The van der Waals surface area contributed by atoms with Gasteiger partial charge in [-0.2, -0.15) is 0 Å². The molecule has 4 nitrogen and oxygen atoms in total. The number of halogens is 1. The lowest BCUT2D eigenvalue weighted by atomic mass is 9.98. The number of rotatable bonds is 3. The van der Waals surface area contributed by atoms with Gasteiger partial charge in [0.25, 0.3) is 0 Å². The third-order valence-electron chi connectivity index (χ3n) is 3.53. The van der Waals surface area contributed by atoms with Crippen molar-refractivity contribution in [2.24, 2.45) is 5.92 Å². The zero-order valence-electron chi connectivity index (χ0n) is 11.9. The van der Waals surface area contributed by atoms with Gasteiger partial charge in [0.2, 0.25) is 5.91 Å². The molecule has 112 valence electrons. The van der Waals surface area contributed by atoms with Crippen molar-refractivity contribution in [2.45, 2.75) is 12.8 Å². The topological polar surface area (TPSA) is 46.6 Å². The van der Waals surface area contributed by atoms with Crippen LogP contribution in [0.15, 0.2) is 34.8 Å². The van der Waals surface area contributed by atoms with E-state index in [2.05, 4.69) is 15.9 Å². The summed E-state index contributed by atoms with van der Waals surface area (Å²) in [7, 11) is 1.39. The first-order chi connectivity index (χ1) is 10.1. The number of esters is 1. The maximum absolute atomic E-state index is 12.2. The minimum absolute atomic E-state index is 0.0661. The summed E-state index contributed by atoms with van der Waals surface area (Å²) < 4.78 is 5.73. The monoisotopic (exact) mass is 351 g/mol. The molecule has 1 aliphatic rings. The molecule has 0 aromatic heterocycles. The molecular formula is C16H18BrNO3. The lowest BCUT2D eigenvalue weighted by molar-refractivity contribution is -0.148. The van der Waals surface area contributed by atoms with Crippen molar-refractivity contribution in [3.63, 3.8) is 0 Å². The molecule has 1 unspecified atom stereocenters. The van der Waals surface area contributed by atoms with Crippen LogP contribution in [0.3, 0.4) is 0 Å². The van der Waals surface area contributed by atoms with Crippen LogP contribution in [-0.2, 0) is 14.3 Å². The Morgan fingerprint density at radius 2 is 2.24 bits per heavy atom. The van der Waals surface area contributed by atoms with E-state index in [1.54, 1.807) is 17.1 Å². The van der Waals surface area contributed by atoms with E-state index >= 15 is 0 Å². The molecule has 1 atom stereocenters. The number of carbonyl (C=O) groups is 2. The molecule has 0 saturated carbocycles. The number of carbonyl (C=O) groups excluding carboxylic acids is 2. The summed E-state index contributed by atoms with van der Waals surface area (Å²) in [5.74, 6) is -0.501. The van der Waals surface area contributed by atoms with Gasteiger partial charge in [0.15, 0.2) is 0 Å². The predicted molar refractivity (Wildman–Crippen MR) is 84.5 cm³/mol. The lowest BCUT2D eigenvalue weighted by Gasteiger charge is -2.30. The number of hydrogen-bond acceptors (Lipinski definition) is 3. The highest BCUT2D eigenvalue weighted by molar-refractivity contribution is 9.10. The molecule has 2 rings (SSSR count). The number of benzene rings is 1. The molecule has 0 spiro atoms. The second-order valence-corrected chi connectivity index (χ2v) is 5.95. The van der Waals surface area contributed by atoms with Crippen LogP contribution in [-0.4, -0.2) is 37.0 Å². The summed E-state index contributed by atoms with van der Waals surface area (Å²) in [6.07, 6.45) is 4.96.